The molecule has 2 aromatic carbocycles. The van der Waals surface area contributed by atoms with Gasteiger partial charge in [-0.2, -0.15) is 5.10 Å². The molecular formula is C22H27N5O3. The normalized spacial score (nSPS) is 10.8. The van der Waals surface area contributed by atoms with Crippen LogP contribution < -0.4 is 15.4 Å². The van der Waals surface area contributed by atoms with Crippen molar-refractivity contribution in [2.45, 2.75) is 26.5 Å². The molecule has 0 aliphatic heterocycles. The summed E-state index contributed by atoms with van der Waals surface area (Å²) in [6, 6.07) is 15.3. The molecule has 8 heteroatoms. The van der Waals surface area contributed by atoms with Gasteiger partial charge in [0.2, 0.25) is 5.91 Å². The van der Waals surface area contributed by atoms with Crippen molar-refractivity contribution in [3.05, 3.63) is 54.1 Å². The second-order valence-electron chi connectivity index (χ2n) is 7.41. The zero-order valence-electron chi connectivity index (χ0n) is 17.7. The van der Waals surface area contributed by atoms with Crippen LogP contribution in [0.5, 0.6) is 5.75 Å². The molecule has 0 spiro atoms. The molecule has 0 saturated heterocycles. The Morgan fingerprint density at radius 2 is 1.83 bits per heavy atom. The fourth-order valence-electron chi connectivity index (χ4n) is 3.00. The molecule has 158 valence electrons. The SMILES string of the molecule is CC(C)Oc1cccc2c1c(NC(=O)CNC(=O)N(C)C)nn2Cc1ccccc1. The first-order chi connectivity index (χ1) is 14.3. The number of ether oxygens (including phenoxy) is 1. The van der Waals surface area contributed by atoms with E-state index in [1.807, 2.05) is 67.1 Å². The number of anilines is 1. The lowest BCUT2D eigenvalue weighted by Crippen LogP contribution is -2.39. The van der Waals surface area contributed by atoms with Gasteiger partial charge in [-0.3, -0.25) is 9.48 Å². The van der Waals surface area contributed by atoms with Crippen LogP contribution in [-0.4, -0.2) is 53.4 Å². The number of urea groups is 1. The van der Waals surface area contributed by atoms with Crippen molar-refractivity contribution >= 4 is 28.7 Å². The van der Waals surface area contributed by atoms with E-state index in [4.69, 9.17) is 4.74 Å². The molecule has 30 heavy (non-hydrogen) atoms. The number of nitrogens with one attached hydrogen (secondary N) is 2. The fourth-order valence-corrected chi connectivity index (χ4v) is 3.00. The third-order valence-electron chi connectivity index (χ3n) is 4.34. The van der Waals surface area contributed by atoms with Crippen molar-refractivity contribution in [1.29, 1.82) is 0 Å². The molecule has 8 nitrogen and oxygen atoms in total. The summed E-state index contributed by atoms with van der Waals surface area (Å²) in [6.07, 6.45) is -0.0315. The largest absolute Gasteiger partial charge is 0.490 e. The summed E-state index contributed by atoms with van der Waals surface area (Å²) in [7, 11) is 3.23. The smallest absolute Gasteiger partial charge is 0.317 e. The Morgan fingerprint density at radius 3 is 2.50 bits per heavy atom. The highest BCUT2D eigenvalue weighted by Gasteiger charge is 2.18. The summed E-state index contributed by atoms with van der Waals surface area (Å²) in [5.41, 5.74) is 1.94. The summed E-state index contributed by atoms with van der Waals surface area (Å²) < 4.78 is 7.80. The van der Waals surface area contributed by atoms with Gasteiger partial charge in [-0.1, -0.05) is 36.4 Å². The maximum absolute atomic E-state index is 12.4. The molecule has 0 bridgehead atoms. The molecule has 0 aliphatic carbocycles. The highest BCUT2D eigenvalue weighted by Crippen LogP contribution is 2.33. The fraction of sp³-hybridized carbons (Fsp3) is 0.318. The number of hydrogen-bond acceptors (Lipinski definition) is 4. The highest BCUT2D eigenvalue weighted by atomic mass is 16.5. The van der Waals surface area contributed by atoms with E-state index < -0.39 is 0 Å². The summed E-state index contributed by atoms with van der Waals surface area (Å²) in [5, 5.41) is 10.7. The van der Waals surface area contributed by atoms with Gasteiger partial charge in [-0.25, -0.2) is 4.79 Å². The van der Waals surface area contributed by atoms with Gasteiger partial charge in [0.1, 0.15) is 5.75 Å². The van der Waals surface area contributed by atoms with E-state index in [9.17, 15) is 9.59 Å². The molecule has 2 N–H and O–H groups in total. The minimum atomic E-state index is -0.365. The van der Waals surface area contributed by atoms with Crippen LogP contribution in [0.2, 0.25) is 0 Å². The minimum Gasteiger partial charge on any atom is -0.490 e. The Balaban J connectivity index is 1.93. The van der Waals surface area contributed by atoms with E-state index in [0.29, 0.717) is 18.1 Å². The number of aromatic nitrogens is 2. The van der Waals surface area contributed by atoms with Gasteiger partial charge in [-0.05, 0) is 31.5 Å². The molecule has 0 aliphatic rings. The van der Waals surface area contributed by atoms with E-state index in [1.54, 1.807) is 14.1 Å². The zero-order chi connectivity index (χ0) is 21.7. The maximum atomic E-state index is 12.4. The molecule has 0 radical (unpaired) electrons. The number of amides is 3. The number of fused-ring (bicyclic) bond motifs is 1. The quantitative estimate of drug-likeness (QED) is 0.628. The van der Waals surface area contributed by atoms with Crippen LogP contribution >= 0.6 is 0 Å². The van der Waals surface area contributed by atoms with Crippen molar-refractivity contribution in [2.75, 3.05) is 26.0 Å². The minimum absolute atomic E-state index is 0.0315. The lowest BCUT2D eigenvalue weighted by atomic mass is 10.2. The van der Waals surface area contributed by atoms with Crippen molar-refractivity contribution in [3.63, 3.8) is 0 Å². The number of hydrogen-bond donors (Lipinski definition) is 2. The van der Waals surface area contributed by atoms with Crippen LogP contribution in [0.3, 0.4) is 0 Å². The molecule has 3 amide bonds. The third kappa shape index (κ3) is 5.08. The highest BCUT2D eigenvalue weighted by molar-refractivity contribution is 6.03. The van der Waals surface area contributed by atoms with E-state index in [0.717, 1.165) is 16.5 Å². The first-order valence-corrected chi connectivity index (χ1v) is 9.80. The van der Waals surface area contributed by atoms with Crippen LogP contribution in [0.4, 0.5) is 10.6 Å². The van der Waals surface area contributed by atoms with Gasteiger partial charge in [0, 0.05) is 14.1 Å². The molecule has 3 aromatic rings. The Kier molecular flexibility index (Phi) is 6.56. The first-order valence-electron chi connectivity index (χ1n) is 9.80. The monoisotopic (exact) mass is 409 g/mol. The maximum Gasteiger partial charge on any atom is 0.317 e. The van der Waals surface area contributed by atoms with Crippen molar-refractivity contribution in [1.82, 2.24) is 20.0 Å². The predicted molar refractivity (Wildman–Crippen MR) is 117 cm³/mol. The number of carbonyl (C=O) groups excluding carboxylic acids is 2. The van der Waals surface area contributed by atoms with Gasteiger partial charge in [0.05, 0.1) is 30.1 Å². The standard InChI is InChI=1S/C22H27N5O3/c1-15(2)30-18-12-8-11-17-20(18)21(24-19(28)13-23-22(29)26(3)4)25-27(17)14-16-9-6-5-7-10-16/h5-12,15H,13-14H2,1-4H3,(H,23,29)(H,24,25,28). The predicted octanol–water partition coefficient (Wildman–Crippen LogP) is 3.08. The zero-order valence-corrected chi connectivity index (χ0v) is 17.7. The van der Waals surface area contributed by atoms with Gasteiger partial charge in [0.25, 0.3) is 0 Å². The van der Waals surface area contributed by atoms with E-state index in [1.165, 1.54) is 4.90 Å². The molecule has 3 rings (SSSR count). The van der Waals surface area contributed by atoms with Crippen molar-refractivity contribution in [3.8, 4) is 5.75 Å². The summed E-state index contributed by atoms with van der Waals surface area (Å²) >= 11 is 0. The number of benzene rings is 2. The third-order valence-corrected chi connectivity index (χ3v) is 4.34. The number of rotatable bonds is 7. The molecule has 0 saturated carbocycles. The second-order valence-corrected chi connectivity index (χ2v) is 7.41. The van der Waals surface area contributed by atoms with Gasteiger partial charge >= 0.3 is 6.03 Å². The van der Waals surface area contributed by atoms with E-state index in [-0.39, 0.29) is 24.6 Å². The average Bonchev–Trinajstić information content (AvgIpc) is 3.04. The van der Waals surface area contributed by atoms with Crippen LogP contribution in [0, 0.1) is 0 Å². The van der Waals surface area contributed by atoms with Gasteiger partial charge in [-0.15, -0.1) is 0 Å². The van der Waals surface area contributed by atoms with Gasteiger partial charge in [0.15, 0.2) is 5.82 Å². The second kappa shape index (κ2) is 9.30. The van der Waals surface area contributed by atoms with Crippen LogP contribution in [0.25, 0.3) is 10.9 Å². The summed E-state index contributed by atoms with van der Waals surface area (Å²) in [4.78, 5) is 25.5. The average molecular weight is 409 g/mol. The lowest BCUT2D eigenvalue weighted by Gasteiger charge is -2.13. The molecule has 1 heterocycles. The number of carbonyl (C=O) groups is 2. The summed E-state index contributed by atoms with van der Waals surface area (Å²) in [5.74, 6) is 0.687. The number of nitrogens with zero attached hydrogens (tertiary/aromatic N) is 3. The Labute approximate surface area is 175 Å². The molecule has 0 atom stereocenters. The topological polar surface area (TPSA) is 88.5 Å². The lowest BCUT2D eigenvalue weighted by molar-refractivity contribution is -0.115. The molecule has 1 aromatic heterocycles. The van der Waals surface area contributed by atoms with Crippen molar-refractivity contribution < 1.29 is 14.3 Å². The van der Waals surface area contributed by atoms with Crippen LogP contribution in [0.15, 0.2) is 48.5 Å². The molecule has 0 fully saturated rings. The molecule has 0 unspecified atom stereocenters. The Morgan fingerprint density at radius 1 is 1.10 bits per heavy atom. The Bertz CT molecular complexity index is 1030. The van der Waals surface area contributed by atoms with E-state index >= 15 is 0 Å². The van der Waals surface area contributed by atoms with Crippen molar-refractivity contribution in [2.24, 2.45) is 0 Å². The Hall–Kier alpha value is -3.55. The van der Waals surface area contributed by atoms with Crippen LogP contribution in [0.1, 0.15) is 19.4 Å². The first kappa shape index (κ1) is 21.2. The van der Waals surface area contributed by atoms with Gasteiger partial charge < -0.3 is 20.3 Å². The van der Waals surface area contributed by atoms with E-state index in [2.05, 4.69) is 15.7 Å². The summed E-state index contributed by atoms with van der Waals surface area (Å²) in [6.45, 7) is 4.29. The molecular weight excluding hydrogens is 382 g/mol. The van der Waals surface area contributed by atoms with Crippen LogP contribution in [-0.2, 0) is 11.3 Å².